The molecule has 0 heterocycles. The minimum Gasteiger partial charge on any atom is -0.507 e. The van der Waals surface area contributed by atoms with Crippen molar-refractivity contribution in [2.75, 3.05) is 0 Å². The van der Waals surface area contributed by atoms with Crippen LogP contribution in [0.1, 0.15) is 27.7 Å². The average molecular weight is 511 g/mol. The van der Waals surface area contributed by atoms with E-state index in [9.17, 15) is 10.2 Å². The van der Waals surface area contributed by atoms with Gasteiger partial charge < -0.3 is 10.2 Å². The van der Waals surface area contributed by atoms with Gasteiger partial charge in [-0.05, 0) is 31.9 Å². The van der Waals surface area contributed by atoms with Crippen LogP contribution in [0.25, 0.3) is 32.7 Å². The third-order valence-corrected chi connectivity index (χ3v) is 18.2. The number of aromatic hydroxyl groups is 2. The first-order valence-electron chi connectivity index (χ1n) is 13.1. The summed E-state index contributed by atoms with van der Waals surface area (Å²) >= 11 is 0. The maximum atomic E-state index is 12.1. The molecule has 2 nitrogen and oxygen atoms in total. The fourth-order valence-corrected chi connectivity index (χ4v) is 12.2. The molecule has 0 saturated carbocycles. The molecule has 4 rings (SSSR count). The summed E-state index contributed by atoms with van der Waals surface area (Å²) in [6.45, 7) is 17.2. The van der Waals surface area contributed by atoms with Gasteiger partial charge in [0.05, 0.1) is 0 Å². The fourth-order valence-electron chi connectivity index (χ4n) is 6.00. The van der Waals surface area contributed by atoms with Gasteiger partial charge in [-0.2, -0.15) is 0 Å². The molecule has 0 bridgehead atoms. The molecule has 4 aromatic carbocycles. The van der Waals surface area contributed by atoms with Crippen LogP contribution in [0.5, 0.6) is 11.5 Å². The largest absolute Gasteiger partial charge is 0.507 e. The van der Waals surface area contributed by atoms with E-state index >= 15 is 0 Å². The van der Waals surface area contributed by atoms with E-state index in [1.54, 1.807) is 0 Å². The lowest BCUT2D eigenvalue weighted by Crippen LogP contribution is -2.45. The summed E-state index contributed by atoms with van der Waals surface area (Å²) in [5.41, 5.74) is 5.69. The van der Waals surface area contributed by atoms with Crippen molar-refractivity contribution in [2.24, 2.45) is 0 Å². The van der Waals surface area contributed by atoms with E-state index in [4.69, 9.17) is 0 Å². The van der Waals surface area contributed by atoms with Crippen LogP contribution in [0, 0.1) is 0 Å². The summed E-state index contributed by atoms with van der Waals surface area (Å²) in [7, 11) is -4.30. The van der Waals surface area contributed by atoms with Crippen molar-refractivity contribution in [2.45, 2.75) is 51.9 Å². The number of hydrogen-bond acceptors (Lipinski definition) is 2. The Balaban J connectivity index is 2.26. The van der Waals surface area contributed by atoms with Crippen LogP contribution in [0.4, 0.5) is 0 Å². The predicted molar refractivity (Wildman–Crippen MR) is 163 cm³/mol. The van der Waals surface area contributed by atoms with Crippen molar-refractivity contribution in [1.82, 2.24) is 0 Å². The normalized spacial score (nSPS) is 12.2. The van der Waals surface area contributed by atoms with Crippen molar-refractivity contribution in [3.8, 4) is 22.6 Å². The molecule has 0 saturated heterocycles. The highest BCUT2D eigenvalue weighted by Crippen LogP contribution is 2.45. The van der Waals surface area contributed by atoms with Gasteiger partial charge in [-0.15, -0.1) is 13.2 Å². The molecule has 36 heavy (non-hydrogen) atoms. The zero-order chi connectivity index (χ0) is 26.1. The van der Waals surface area contributed by atoms with Crippen LogP contribution in [0.3, 0.4) is 0 Å². The number of rotatable bonds is 9. The van der Waals surface area contributed by atoms with Crippen LogP contribution in [0.2, 0.25) is 24.2 Å². The first-order chi connectivity index (χ1) is 17.4. The number of phenols is 2. The Labute approximate surface area is 217 Å². The van der Waals surface area contributed by atoms with Crippen LogP contribution >= 0.6 is 0 Å². The highest BCUT2D eigenvalue weighted by molar-refractivity contribution is 6.97. The van der Waals surface area contributed by atoms with E-state index < -0.39 is 16.1 Å². The van der Waals surface area contributed by atoms with Gasteiger partial charge in [0.15, 0.2) is 0 Å². The van der Waals surface area contributed by atoms with E-state index in [2.05, 4.69) is 88.6 Å². The lowest BCUT2D eigenvalue weighted by molar-refractivity contribution is 0.474. The first-order valence-corrected chi connectivity index (χ1v) is 18.1. The molecule has 4 heteroatoms. The fraction of sp³-hybridized carbons (Fsp3) is 0.250. The monoisotopic (exact) mass is 510 g/mol. The second kappa shape index (κ2) is 10.1. The summed E-state index contributed by atoms with van der Waals surface area (Å²) in [6, 6.07) is 24.6. The molecule has 0 aliphatic carbocycles. The van der Waals surface area contributed by atoms with Gasteiger partial charge in [-0.3, -0.25) is 0 Å². The van der Waals surface area contributed by atoms with E-state index in [1.165, 1.54) is 0 Å². The molecule has 0 radical (unpaired) electrons. The Hall–Kier alpha value is -3.09. The van der Waals surface area contributed by atoms with Gasteiger partial charge >= 0.3 is 0 Å². The van der Waals surface area contributed by atoms with E-state index in [1.807, 2.05) is 24.3 Å². The predicted octanol–water partition coefficient (Wildman–Crippen LogP) is 7.91. The van der Waals surface area contributed by atoms with E-state index in [0.29, 0.717) is 11.5 Å². The highest BCUT2D eigenvalue weighted by Gasteiger charge is 2.36. The van der Waals surface area contributed by atoms with Crippen molar-refractivity contribution < 1.29 is 10.2 Å². The van der Waals surface area contributed by atoms with Crippen LogP contribution in [-0.2, 0) is 0 Å². The molecule has 0 aliphatic rings. The van der Waals surface area contributed by atoms with Crippen molar-refractivity contribution in [3.05, 3.63) is 85.2 Å². The molecule has 186 valence electrons. The summed E-state index contributed by atoms with van der Waals surface area (Å²) in [5, 5.41) is 30.2. The number of phenolic OH excluding ortho intramolecular Hbond substituents is 2. The topological polar surface area (TPSA) is 40.5 Å². The maximum Gasteiger partial charge on any atom is 0.123 e. The molecule has 0 aromatic heterocycles. The molecule has 2 N–H and O–H groups in total. The number of hydrogen-bond donors (Lipinski definition) is 2. The number of benzene rings is 4. The van der Waals surface area contributed by atoms with Gasteiger partial charge in [0.25, 0.3) is 0 Å². The van der Waals surface area contributed by atoms with Crippen LogP contribution in [0.15, 0.2) is 85.2 Å². The Morgan fingerprint density at radius 3 is 1.25 bits per heavy atom. The molecule has 0 aliphatic heterocycles. The molecule has 0 fully saturated rings. The lowest BCUT2D eigenvalue weighted by atomic mass is 9.92. The zero-order valence-electron chi connectivity index (χ0n) is 22.1. The third-order valence-electron chi connectivity index (χ3n) is 8.67. The molecular formula is C32H38O2Si2. The molecule has 0 unspecified atom stereocenters. The molecule has 0 spiro atoms. The summed E-state index contributed by atoms with van der Waals surface area (Å²) in [5.74, 6) is 0.584. The van der Waals surface area contributed by atoms with Crippen molar-refractivity contribution >= 4 is 48.1 Å². The maximum absolute atomic E-state index is 12.1. The van der Waals surface area contributed by atoms with Crippen molar-refractivity contribution in [3.63, 3.8) is 0 Å². The quantitative estimate of drug-likeness (QED) is 0.225. The van der Waals surface area contributed by atoms with Crippen LogP contribution < -0.4 is 10.4 Å². The Morgan fingerprint density at radius 1 is 0.611 bits per heavy atom. The minimum absolute atomic E-state index is 0.292. The van der Waals surface area contributed by atoms with Gasteiger partial charge in [0.1, 0.15) is 27.6 Å². The molecule has 4 aromatic rings. The molecule has 0 amide bonds. The summed E-state index contributed by atoms with van der Waals surface area (Å²) in [4.78, 5) is 0. The standard InChI is InChI=1S/C32H38O2Si2/c1-7-35(8-2,9-3)27-21-23-17-13-15-19-25(23)29(31(27)33)30-26-20-16-14-18-24(26)22-28(32(30)34)36(10-4,11-5)12-6/h7,10,13-22,33-34H,1,4,8-9,11-12H2,2-3,5-6H3. The van der Waals surface area contributed by atoms with Gasteiger partial charge in [-0.25, -0.2) is 0 Å². The van der Waals surface area contributed by atoms with E-state index in [-0.39, 0.29) is 0 Å². The molecule has 0 atom stereocenters. The van der Waals surface area contributed by atoms with Gasteiger partial charge in [-0.1, -0.05) is 124 Å². The minimum atomic E-state index is -2.15. The summed E-state index contributed by atoms with van der Waals surface area (Å²) < 4.78 is 0. The highest BCUT2D eigenvalue weighted by atomic mass is 28.3. The Kier molecular flexibility index (Phi) is 7.30. The van der Waals surface area contributed by atoms with E-state index in [0.717, 1.165) is 67.2 Å². The van der Waals surface area contributed by atoms with Crippen molar-refractivity contribution in [1.29, 1.82) is 0 Å². The SMILES string of the molecule is C=C[Si](CC)(CC)c1cc2ccccc2c(-c2c(O)c([Si](C=C)(CC)CC)cc3ccccc23)c1O. The number of fused-ring (bicyclic) bond motifs is 2. The summed E-state index contributed by atoms with van der Waals surface area (Å²) in [6.07, 6.45) is 0. The Bertz CT molecular complexity index is 1330. The third kappa shape index (κ3) is 3.84. The average Bonchev–Trinajstić information content (AvgIpc) is 2.92. The lowest BCUT2D eigenvalue weighted by Gasteiger charge is -2.31. The smallest absolute Gasteiger partial charge is 0.123 e. The second-order valence-corrected chi connectivity index (χ2v) is 19.2. The zero-order valence-corrected chi connectivity index (χ0v) is 24.1. The molecular weight excluding hydrogens is 473 g/mol. The second-order valence-electron chi connectivity index (χ2n) is 9.87. The van der Waals surface area contributed by atoms with Gasteiger partial charge in [0, 0.05) is 11.1 Å². The van der Waals surface area contributed by atoms with Gasteiger partial charge in [0.2, 0.25) is 0 Å². The Morgan fingerprint density at radius 2 is 0.944 bits per heavy atom. The van der Waals surface area contributed by atoms with Crippen LogP contribution in [-0.4, -0.2) is 26.4 Å². The first kappa shape index (κ1) is 26.0.